The summed E-state index contributed by atoms with van der Waals surface area (Å²) in [6, 6.07) is 14.1. The van der Waals surface area contributed by atoms with Crippen LogP contribution in [0.1, 0.15) is 48.0 Å². The molecule has 2 atom stereocenters. The first-order chi connectivity index (χ1) is 20.0. The van der Waals surface area contributed by atoms with Crippen LogP contribution in [0, 0.1) is 19.7 Å². The van der Waals surface area contributed by atoms with Crippen molar-refractivity contribution in [2.24, 2.45) is 0 Å². The number of para-hydroxylation sites is 2. The number of aryl methyl sites for hydroxylation is 2. The summed E-state index contributed by atoms with van der Waals surface area (Å²) in [5, 5.41) is 0.429. The monoisotopic (exact) mass is 628 g/mol. The van der Waals surface area contributed by atoms with Gasteiger partial charge in [0.15, 0.2) is 5.82 Å². The molecular formula is C30H34ClFN6O2S2. The van der Waals surface area contributed by atoms with Crippen molar-refractivity contribution in [1.29, 1.82) is 0 Å². The molecule has 8 nitrogen and oxygen atoms in total. The van der Waals surface area contributed by atoms with Crippen molar-refractivity contribution in [2.45, 2.75) is 37.2 Å². The van der Waals surface area contributed by atoms with Gasteiger partial charge in [-0.15, -0.1) is 23.5 Å². The minimum atomic E-state index is -0.796. The maximum atomic E-state index is 15.6. The minimum Gasteiger partial charge on any atom is -0.481 e. The van der Waals surface area contributed by atoms with Crippen LogP contribution in [0.25, 0.3) is 0 Å². The smallest absolute Gasteiger partial charge is 0.220 e. The number of aromatic nitrogens is 4. The normalized spacial score (nSPS) is 14.0. The molecule has 0 fully saturated rings. The Morgan fingerprint density at radius 3 is 1.74 bits per heavy atom. The van der Waals surface area contributed by atoms with E-state index >= 15 is 4.39 Å². The Morgan fingerprint density at radius 2 is 1.21 bits per heavy atom. The number of halogens is 2. The van der Waals surface area contributed by atoms with E-state index in [1.54, 1.807) is 18.2 Å². The van der Waals surface area contributed by atoms with Gasteiger partial charge in [-0.25, -0.2) is 14.4 Å². The molecule has 0 spiro atoms. The van der Waals surface area contributed by atoms with Crippen molar-refractivity contribution in [3.05, 3.63) is 93.5 Å². The molecule has 2 aromatic carbocycles. The Bertz CT molecular complexity index is 1550. The van der Waals surface area contributed by atoms with Gasteiger partial charge < -0.3 is 9.47 Å². The fourth-order valence-corrected chi connectivity index (χ4v) is 6.18. The minimum absolute atomic E-state index is 0.258. The van der Waals surface area contributed by atoms with E-state index in [0.29, 0.717) is 39.7 Å². The van der Waals surface area contributed by atoms with E-state index in [1.165, 1.54) is 43.8 Å². The number of benzene rings is 2. The van der Waals surface area contributed by atoms with Crippen LogP contribution >= 0.6 is 35.1 Å². The predicted octanol–water partition coefficient (Wildman–Crippen LogP) is 7.39. The molecule has 2 unspecified atom stereocenters. The second-order valence-electron chi connectivity index (χ2n) is 9.80. The van der Waals surface area contributed by atoms with Crippen LogP contribution < -0.4 is 20.3 Å². The number of nitrogens with zero attached hydrogens (tertiary/aromatic N) is 4. The molecule has 2 heterocycles. The molecule has 2 N–H and O–H groups in total. The van der Waals surface area contributed by atoms with Gasteiger partial charge >= 0.3 is 0 Å². The van der Waals surface area contributed by atoms with Crippen molar-refractivity contribution in [3.8, 4) is 11.8 Å². The molecule has 4 rings (SSSR count). The number of ether oxygens (including phenoxy) is 2. The molecule has 222 valence electrons. The van der Waals surface area contributed by atoms with Crippen molar-refractivity contribution >= 4 is 46.5 Å². The molecule has 0 saturated heterocycles. The Hall–Kier alpha value is -3.28. The highest BCUT2D eigenvalue weighted by molar-refractivity contribution is 7.99. The van der Waals surface area contributed by atoms with Gasteiger partial charge in [-0.3, -0.25) is 10.9 Å². The Labute approximate surface area is 259 Å². The van der Waals surface area contributed by atoms with E-state index in [9.17, 15) is 0 Å². The van der Waals surface area contributed by atoms with Crippen molar-refractivity contribution in [1.82, 2.24) is 19.9 Å². The summed E-state index contributed by atoms with van der Waals surface area (Å²) in [5.74, 6) is 1.36. The average molecular weight is 629 g/mol. The van der Waals surface area contributed by atoms with E-state index in [-0.39, 0.29) is 5.69 Å². The van der Waals surface area contributed by atoms with Crippen molar-refractivity contribution in [3.63, 3.8) is 0 Å². The summed E-state index contributed by atoms with van der Waals surface area (Å²) in [6.45, 7) is 7.83. The maximum absolute atomic E-state index is 15.6. The largest absolute Gasteiger partial charge is 0.481 e. The number of rotatable bonds is 11. The van der Waals surface area contributed by atoms with E-state index in [2.05, 4.69) is 20.8 Å². The van der Waals surface area contributed by atoms with Crippen LogP contribution in [0.15, 0.2) is 48.5 Å². The second kappa shape index (κ2) is 12.9. The van der Waals surface area contributed by atoms with Crippen LogP contribution in [-0.4, -0.2) is 46.7 Å². The summed E-state index contributed by atoms with van der Waals surface area (Å²) in [4.78, 5) is 18.7. The molecule has 4 aromatic rings. The molecule has 2 aromatic heterocycles. The van der Waals surface area contributed by atoms with Crippen LogP contribution in [-0.2, 0) is 9.49 Å². The molecule has 42 heavy (non-hydrogen) atoms. The summed E-state index contributed by atoms with van der Waals surface area (Å²) >= 11 is 9.82. The van der Waals surface area contributed by atoms with E-state index < -0.39 is 15.3 Å². The quantitative estimate of drug-likeness (QED) is 0.164. The molecular weight excluding hydrogens is 595 g/mol. The van der Waals surface area contributed by atoms with Crippen molar-refractivity contribution in [2.75, 3.05) is 37.6 Å². The molecule has 0 saturated carbocycles. The molecule has 0 bridgehead atoms. The number of hydrogen-bond donors (Lipinski definition) is 2. The summed E-state index contributed by atoms with van der Waals surface area (Å²) in [6.07, 6.45) is 3.91. The van der Waals surface area contributed by atoms with E-state index in [0.717, 1.165) is 17.0 Å². The van der Waals surface area contributed by atoms with Crippen LogP contribution in [0.3, 0.4) is 0 Å². The van der Waals surface area contributed by atoms with Gasteiger partial charge in [0.2, 0.25) is 11.8 Å². The predicted molar refractivity (Wildman–Crippen MR) is 172 cm³/mol. The lowest BCUT2D eigenvalue weighted by Gasteiger charge is -2.32. The Balaban J connectivity index is 1.81. The first-order valence-electron chi connectivity index (χ1n) is 13.0. The fourth-order valence-electron chi connectivity index (χ4n) is 4.63. The van der Waals surface area contributed by atoms with E-state index in [4.69, 9.17) is 31.0 Å². The lowest BCUT2D eigenvalue weighted by Crippen LogP contribution is -2.28. The summed E-state index contributed by atoms with van der Waals surface area (Å²) in [7, 11) is 3.07. The van der Waals surface area contributed by atoms with Crippen LogP contribution in [0.4, 0.5) is 15.8 Å². The number of methoxy groups -OCH3 is 2. The number of thioether (sulfide) groups is 2. The third kappa shape index (κ3) is 6.09. The van der Waals surface area contributed by atoms with Gasteiger partial charge in [0.05, 0.1) is 46.2 Å². The number of hydrogen-bond acceptors (Lipinski definition) is 10. The lowest BCUT2D eigenvalue weighted by molar-refractivity contribution is 0.366. The Morgan fingerprint density at radius 1 is 0.738 bits per heavy atom. The topological polar surface area (TPSA) is 94.1 Å². The summed E-state index contributed by atoms with van der Waals surface area (Å²) in [5.41, 5.74) is 10.3. The molecule has 0 aliphatic rings. The SMILES string of the molecule is COc1cc(OC)nc(C(C)(SC)c2cccc(Cl)c2NNc2c(F)cccc2C(C)(SC)c2nc(C)cc(C)n2)n1. The molecule has 0 amide bonds. The molecule has 0 aliphatic carbocycles. The van der Waals surface area contributed by atoms with Gasteiger partial charge in [-0.05, 0) is 58.4 Å². The highest BCUT2D eigenvalue weighted by Gasteiger charge is 2.37. The zero-order valence-corrected chi connectivity index (χ0v) is 27.2. The number of anilines is 2. The average Bonchev–Trinajstić information content (AvgIpc) is 2.99. The fraction of sp³-hybridized carbons (Fsp3) is 0.333. The third-order valence-electron chi connectivity index (χ3n) is 7.12. The lowest BCUT2D eigenvalue weighted by atomic mass is 9.96. The van der Waals surface area contributed by atoms with Gasteiger partial charge in [-0.1, -0.05) is 35.9 Å². The van der Waals surface area contributed by atoms with Crippen molar-refractivity contribution < 1.29 is 13.9 Å². The maximum Gasteiger partial charge on any atom is 0.220 e. The van der Waals surface area contributed by atoms with Gasteiger partial charge in [-0.2, -0.15) is 9.97 Å². The number of nitrogens with one attached hydrogen (secondary N) is 2. The molecule has 0 aliphatic heterocycles. The van der Waals surface area contributed by atoms with Crippen LogP contribution in [0.2, 0.25) is 5.02 Å². The zero-order chi connectivity index (χ0) is 30.7. The van der Waals surface area contributed by atoms with Gasteiger partial charge in [0.25, 0.3) is 0 Å². The van der Waals surface area contributed by atoms with Gasteiger partial charge in [0, 0.05) is 22.5 Å². The second-order valence-corrected chi connectivity index (χ2v) is 12.7. The highest BCUT2D eigenvalue weighted by Crippen LogP contribution is 2.47. The van der Waals surface area contributed by atoms with E-state index in [1.807, 2.05) is 64.5 Å². The number of hydrazine groups is 1. The Kier molecular flexibility index (Phi) is 9.74. The zero-order valence-electron chi connectivity index (χ0n) is 24.8. The van der Waals surface area contributed by atoms with Gasteiger partial charge in [0.1, 0.15) is 11.6 Å². The summed E-state index contributed by atoms with van der Waals surface area (Å²) < 4.78 is 24.8. The molecule has 12 heteroatoms. The standard InChI is InChI=1S/C30H34ClFN6O2S2/c1-17-15-18(2)34-27(33-17)30(4,42-8)20-12-10-14-22(32)26(20)38-37-25-19(11-9-13-21(25)31)29(3,41-7)28-35-23(39-5)16-24(36-28)40-6/h9-16,37-38H,1-8H3. The highest BCUT2D eigenvalue weighted by atomic mass is 35.5. The first kappa shape index (κ1) is 31.7. The third-order valence-corrected chi connectivity index (χ3v) is 9.87. The van der Waals surface area contributed by atoms with Crippen LogP contribution in [0.5, 0.6) is 11.8 Å². The molecule has 0 radical (unpaired) electrons. The first-order valence-corrected chi connectivity index (χ1v) is 15.8.